The monoisotopic (exact) mass is 467 g/mol. The molecule has 3 heterocycles. The van der Waals surface area contributed by atoms with Crippen molar-refractivity contribution in [3.63, 3.8) is 0 Å². The number of piperidine rings is 1. The molecule has 0 bridgehead atoms. The molecular formula is C24H29N5O5. The molecule has 10 heteroatoms. The van der Waals surface area contributed by atoms with E-state index in [-0.39, 0.29) is 5.92 Å². The number of hydrogen-bond donors (Lipinski definition) is 1. The predicted octanol–water partition coefficient (Wildman–Crippen LogP) is 3.47. The van der Waals surface area contributed by atoms with E-state index >= 15 is 0 Å². The number of carbonyl (C=O) groups is 2. The van der Waals surface area contributed by atoms with E-state index < -0.39 is 12.1 Å². The molecule has 180 valence electrons. The number of aryl methyl sites for hydroxylation is 1. The summed E-state index contributed by atoms with van der Waals surface area (Å²) in [6, 6.07) is 8.01. The minimum Gasteiger partial charge on any atom is -0.462 e. The maximum Gasteiger partial charge on any atom is 0.441 e. The summed E-state index contributed by atoms with van der Waals surface area (Å²) in [4.78, 5) is 40.4. The quantitative estimate of drug-likeness (QED) is 0.320. The van der Waals surface area contributed by atoms with Crippen LogP contribution in [0, 0.1) is 5.92 Å². The van der Waals surface area contributed by atoms with Crippen molar-refractivity contribution in [3.8, 4) is 0 Å². The molecule has 10 nitrogen and oxygen atoms in total. The minimum atomic E-state index is -0.756. The van der Waals surface area contributed by atoms with Gasteiger partial charge in [0.1, 0.15) is 0 Å². The Morgan fingerprint density at radius 1 is 1.18 bits per heavy atom. The molecule has 1 fully saturated rings. The Hall–Kier alpha value is -3.66. The Bertz CT molecular complexity index is 1140. The van der Waals surface area contributed by atoms with E-state index in [1.54, 1.807) is 11.8 Å². The van der Waals surface area contributed by atoms with Crippen LogP contribution in [0.2, 0.25) is 0 Å². The third-order valence-electron chi connectivity index (χ3n) is 6.20. The Balaban J connectivity index is 1.38. The van der Waals surface area contributed by atoms with Gasteiger partial charge in [0.2, 0.25) is 5.95 Å². The lowest BCUT2D eigenvalue weighted by atomic mass is 9.96. The summed E-state index contributed by atoms with van der Waals surface area (Å²) in [5.74, 6) is 0.368. The smallest absolute Gasteiger partial charge is 0.441 e. The van der Waals surface area contributed by atoms with Gasteiger partial charge in [-0.3, -0.25) is 4.89 Å². The van der Waals surface area contributed by atoms with Crippen molar-refractivity contribution in [3.05, 3.63) is 54.0 Å². The van der Waals surface area contributed by atoms with Gasteiger partial charge >= 0.3 is 12.1 Å². The Morgan fingerprint density at radius 2 is 1.88 bits per heavy atom. The molecule has 34 heavy (non-hydrogen) atoms. The van der Waals surface area contributed by atoms with Gasteiger partial charge in [0.05, 0.1) is 18.7 Å². The first-order valence-corrected chi connectivity index (χ1v) is 11.4. The number of carbonyl (C=O) groups excluding carboxylic acids is 2. The second kappa shape index (κ2) is 10.5. The third kappa shape index (κ3) is 5.12. The third-order valence-corrected chi connectivity index (χ3v) is 6.20. The van der Waals surface area contributed by atoms with Crippen molar-refractivity contribution >= 4 is 28.9 Å². The summed E-state index contributed by atoms with van der Waals surface area (Å²) in [5.41, 5.74) is 2.40. The number of ether oxygens (including phenoxy) is 1. The first kappa shape index (κ1) is 23.5. The normalized spacial score (nSPS) is 14.3. The number of benzene rings is 1. The number of fused-ring (bicyclic) bond motifs is 1. The van der Waals surface area contributed by atoms with E-state index in [2.05, 4.69) is 19.8 Å². The molecule has 0 aliphatic carbocycles. The topological polar surface area (TPSA) is 110 Å². The number of nitrogens with zero attached hydrogens (tertiary/aromatic N) is 5. The number of aromatic nitrogens is 3. The number of anilines is 1. The molecule has 3 aromatic rings. The first-order chi connectivity index (χ1) is 16.5. The number of esters is 1. The molecule has 0 atom stereocenters. The summed E-state index contributed by atoms with van der Waals surface area (Å²) in [6.45, 7) is 4.31. The van der Waals surface area contributed by atoms with Gasteiger partial charge < -0.3 is 19.1 Å². The van der Waals surface area contributed by atoms with Crippen LogP contribution < -0.4 is 4.90 Å². The van der Waals surface area contributed by atoms with Crippen LogP contribution >= 0.6 is 0 Å². The Kier molecular flexibility index (Phi) is 7.27. The average Bonchev–Trinajstić information content (AvgIpc) is 3.19. The molecule has 1 aliphatic heterocycles. The number of rotatable bonds is 7. The zero-order valence-corrected chi connectivity index (χ0v) is 19.4. The van der Waals surface area contributed by atoms with Gasteiger partial charge in [-0.25, -0.2) is 19.6 Å². The fourth-order valence-corrected chi connectivity index (χ4v) is 4.45. The van der Waals surface area contributed by atoms with Crippen LogP contribution in [-0.2, 0) is 23.2 Å². The van der Waals surface area contributed by atoms with E-state index in [1.165, 1.54) is 12.4 Å². The molecule has 0 radical (unpaired) electrons. The zero-order chi connectivity index (χ0) is 24.1. The summed E-state index contributed by atoms with van der Waals surface area (Å²) < 4.78 is 6.99. The Morgan fingerprint density at radius 3 is 2.56 bits per heavy atom. The lowest BCUT2D eigenvalue weighted by Gasteiger charge is -2.34. The van der Waals surface area contributed by atoms with Crippen LogP contribution in [0.1, 0.15) is 35.7 Å². The van der Waals surface area contributed by atoms with Gasteiger partial charge in [-0.2, -0.15) is 5.26 Å². The van der Waals surface area contributed by atoms with Gasteiger partial charge in [-0.15, -0.1) is 0 Å². The highest BCUT2D eigenvalue weighted by atomic mass is 17.1. The summed E-state index contributed by atoms with van der Waals surface area (Å²) in [5, 5.41) is 10.1. The van der Waals surface area contributed by atoms with E-state index in [9.17, 15) is 9.59 Å². The maximum absolute atomic E-state index is 12.3. The van der Waals surface area contributed by atoms with E-state index in [0.717, 1.165) is 42.4 Å². The molecule has 1 N–H and O–H groups in total. The lowest BCUT2D eigenvalue weighted by Crippen LogP contribution is -2.41. The van der Waals surface area contributed by atoms with Gasteiger partial charge in [-0.1, -0.05) is 18.2 Å². The van der Waals surface area contributed by atoms with E-state index in [1.807, 2.05) is 42.1 Å². The van der Waals surface area contributed by atoms with Crippen molar-refractivity contribution in [2.75, 3.05) is 31.1 Å². The molecule has 1 amide bonds. The predicted molar refractivity (Wildman–Crippen MR) is 125 cm³/mol. The van der Waals surface area contributed by atoms with Crippen molar-refractivity contribution in [2.45, 2.75) is 26.3 Å². The second-order valence-corrected chi connectivity index (χ2v) is 8.44. The van der Waals surface area contributed by atoms with Crippen LogP contribution in [0.25, 0.3) is 10.9 Å². The molecule has 2 aromatic heterocycles. The van der Waals surface area contributed by atoms with Crippen LogP contribution in [0.3, 0.4) is 0 Å². The first-order valence-electron chi connectivity index (χ1n) is 11.4. The number of hydrogen-bond acceptors (Lipinski definition) is 8. The summed E-state index contributed by atoms with van der Waals surface area (Å²) in [6.07, 6.45) is 5.86. The summed E-state index contributed by atoms with van der Waals surface area (Å²) in [7, 11) is 1.97. The zero-order valence-electron chi connectivity index (χ0n) is 19.4. The van der Waals surface area contributed by atoms with Crippen LogP contribution in [0.15, 0.2) is 42.9 Å². The summed E-state index contributed by atoms with van der Waals surface area (Å²) >= 11 is 0. The molecule has 1 aliphatic rings. The average molecular weight is 468 g/mol. The van der Waals surface area contributed by atoms with E-state index in [4.69, 9.17) is 9.99 Å². The van der Waals surface area contributed by atoms with Crippen LogP contribution in [0.5, 0.6) is 0 Å². The SMILES string of the molecule is CCOC(=O)c1cnc(N2CCC(CN(Cc3cn(C)c4ccccc34)C(=O)OO)CC2)nc1. The van der Waals surface area contributed by atoms with Crippen molar-refractivity contribution in [1.29, 1.82) is 0 Å². The highest BCUT2D eigenvalue weighted by Crippen LogP contribution is 2.25. The van der Waals surface area contributed by atoms with Gasteiger partial charge in [0, 0.05) is 56.2 Å². The molecule has 4 rings (SSSR count). The molecule has 1 saturated heterocycles. The van der Waals surface area contributed by atoms with Gasteiger partial charge in [0.25, 0.3) is 0 Å². The fourth-order valence-electron chi connectivity index (χ4n) is 4.45. The molecule has 0 unspecified atom stereocenters. The van der Waals surface area contributed by atoms with Crippen molar-refractivity contribution < 1.29 is 24.5 Å². The minimum absolute atomic E-state index is 0.240. The number of amides is 1. The molecule has 0 saturated carbocycles. The fraction of sp³-hybridized carbons (Fsp3) is 0.417. The number of para-hydroxylation sites is 1. The maximum atomic E-state index is 12.3. The van der Waals surface area contributed by atoms with Crippen molar-refractivity contribution in [1.82, 2.24) is 19.4 Å². The van der Waals surface area contributed by atoms with E-state index in [0.29, 0.717) is 31.2 Å². The highest BCUT2D eigenvalue weighted by Gasteiger charge is 2.26. The van der Waals surface area contributed by atoms with Gasteiger partial charge in [-0.05, 0) is 37.3 Å². The van der Waals surface area contributed by atoms with Crippen LogP contribution in [-0.4, -0.2) is 63.0 Å². The van der Waals surface area contributed by atoms with Crippen molar-refractivity contribution in [2.24, 2.45) is 13.0 Å². The van der Waals surface area contributed by atoms with Gasteiger partial charge in [0.15, 0.2) is 0 Å². The van der Waals surface area contributed by atoms with Crippen LogP contribution in [0.4, 0.5) is 10.7 Å². The largest absolute Gasteiger partial charge is 0.462 e. The Labute approximate surface area is 197 Å². The molecule has 0 spiro atoms. The highest BCUT2D eigenvalue weighted by molar-refractivity contribution is 5.88. The lowest BCUT2D eigenvalue weighted by molar-refractivity contribution is -0.189. The second-order valence-electron chi connectivity index (χ2n) is 8.44. The molecule has 1 aromatic carbocycles. The molecular weight excluding hydrogens is 438 g/mol. The standard InChI is InChI=1S/C24H29N5O5/c1-3-33-22(30)18-12-25-23(26-13-18)28-10-8-17(9-11-28)14-29(24(31)34-32)16-19-15-27(2)21-7-5-4-6-20(19)21/h4-7,12-13,15,17,32H,3,8-11,14,16H2,1-2H3.